The number of ketones is 1. The van der Waals surface area contributed by atoms with Crippen molar-refractivity contribution in [1.29, 1.82) is 0 Å². The van der Waals surface area contributed by atoms with E-state index in [1.165, 1.54) is 19.3 Å². The summed E-state index contributed by atoms with van der Waals surface area (Å²) in [5, 5.41) is 0. The zero-order chi connectivity index (χ0) is 16.6. The van der Waals surface area contributed by atoms with Crippen LogP contribution in [0.5, 0.6) is 0 Å². The molecule has 0 aromatic heterocycles. The van der Waals surface area contributed by atoms with E-state index in [9.17, 15) is 4.79 Å². The van der Waals surface area contributed by atoms with Crippen LogP contribution in [0.1, 0.15) is 65.2 Å². The molecule has 0 aromatic carbocycles. The molecule has 1 aliphatic heterocycles. The molecule has 3 heteroatoms. The summed E-state index contributed by atoms with van der Waals surface area (Å²) in [7, 11) is 0. The molecule has 1 spiro atoms. The summed E-state index contributed by atoms with van der Waals surface area (Å²) >= 11 is 0. The molecule has 24 heavy (non-hydrogen) atoms. The Morgan fingerprint density at radius 3 is 2.54 bits per heavy atom. The van der Waals surface area contributed by atoms with E-state index in [0.29, 0.717) is 23.0 Å². The normalized spacial score (nSPS) is 49.5. The second-order valence-corrected chi connectivity index (χ2v) is 9.46. The molecular formula is C21H30O3. The maximum absolute atomic E-state index is 12.5. The van der Waals surface area contributed by atoms with E-state index < -0.39 is 0 Å². The highest BCUT2D eigenvalue weighted by Gasteiger charge is 2.60. The largest absolute Gasteiger partial charge is 0.347 e. The van der Waals surface area contributed by atoms with Crippen molar-refractivity contribution in [3.05, 3.63) is 11.6 Å². The zero-order valence-electron chi connectivity index (χ0n) is 15.1. The molecule has 3 nitrogen and oxygen atoms in total. The van der Waals surface area contributed by atoms with Crippen LogP contribution in [0.4, 0.5) is 0 Å². The second kappa shape index (κ2) is 4.94. The first kappa shape index (κ1) is 15.6. The van der Waals surface area contributed by atoms with Crippen molar-refractivity contribution in [3.8, 4) is 0 Å². The molecular weight excluding hydrogens is 300 g/mol. The van der Waals surface area contributed by atoms with Crippen LogP contribution in [0.15, 0.2) is 11.6 Å². The molecule has 0 amide bonds. The minimum Gasteiger partial charge on any atom is -0.347 e. The Labute approximate surface area is 145 Å². The van der Waals surface area contributed by atoms with Crippen LogP contribution in [0.3, 0.4) is 0 Å². The third kappa shape index (κ3) is 1.89. The molecule has 5 atom stereocenters. The van der Waals surface area contributed by atoms with Gasteiger partial charge in [-0.25, -0.2) is 0 Å². The molecule has 0 bridgehead atoms. The van der Waals surface area contributed by atoms with Gasteiger partial charge in [-0.3, -0.25) is 4.79 Å². The smallest absolute Gasteiger partial charge is 0.172 e. The summed E-state index contributed by atoms with van der Waals surface area (Å²) in [5.41, 5.74) is 1.87. The Morgan fingerprint density at radius 1 is 1.00 bits per heavy atom. The fourth-order valence-electron chi connectivity index (χ4n) is 7.12. The highest BCUT2D eigenvalue weighted by Crippen LogP contribution is 2.65. The molecule has 0 aromatic rings. The minimum absolute atomic E-state index is 0.0174. The summed E-state index contributed by atoms with van der Waals surface area (Å²) in [4.78, 5) is 12.5. The Hall–Kier alpha value is -0.670. The van der Waals surface area contributed by atoms with Gasteiger partial charge in [0, 0.05) is 24.7 Å². The first-order chi connectivity index (χ1) is 11.5. The summed E-state index contributed by atoms with van der Waals surface area (Å²) in [6.07, 6.45) is 11.1. The van der Waals surface area contributed by atoms with Crippen LogP contribution >= 0.6 is 0 Å². The van der Waals surface area contributed by atoms with Crippen molar-refractivity contribution < 1.29 is 14.3 Å². The van der Waals surface area contributed by atoms with Crippen LogP contribution in [0.2, 0.25) is 0 Å². The Kier molecular flexibility index (Phi) is 3.21. The Balaban J connectivity index is 1.47. The minimum atomic E-state index is -0.315. The molecule has 4 aliphatic carbocycles. The van der Waals surface area contributed by atoms with Crippen molar-refractivity contribution in [3.63, 3.8) is 0 Å². The lowest BCUT2D eigenvalue weighted by Gasteiger charge is -2.57. The lowest BCUT2D eigenvalue weighted by molar-refractivity contribution is -0.185. The second-order valence-electron chi connectivity index (χ2n) is 9.46. The van der Waals surface area contributed by atoms with Gasteiger partial charge in [0.15, 0.2) is 5.79 Å². The van der Waals surface area contributed by atoms with Crippen LogP contribution in [0.25, 0.3) is 0 Å². The highest BCUT2D eigenvalue weighted by atomic mass is 16.7. The number of allylic oxidation sites excluding steroid dienone is 1. The molecule has 3 saturated carbocycles. The van der Waals surface area contributed by atoms with Gasteiger partial charge in [-0.2, -0.15) is 0 Å². The number of rotatable bonds is 0. The van der Waals surface area contributed by atoms with Crippen molar-refractivity contribution in [2.45, 2.75) is 71.0 Å². The number of ether oxygens (including phenoxy) is 2. The number of Topliss-reactive ketones (excluding diaryl/α,β-unsaturated/α-hetero) is 1. The highest BCUT2D eigenvalue weighted by molar-refractivity contribution is 5.87. The van der Waals surface area contributed by atoms with Gasteiger partial charge in [-0.05, 0) is 55.3 Å². The van der Waals surface area contributed by atoms with Gasteiger partial charge in [-0.15, -0.1) is 0 Å². The zero-order valence-corrected chi connectivity index (χ0v) is 15.1. The number of fused-ring (bicyclic) bond motifs is 5. The predicted octanol–water partition coefficient (Wildman–Crippen LogP) is 4.26. The monoisotopic (exact) mass is 330 g/mol. The van der Waals surface area contributed by atoms with Gasteiger partial charge >= 0.3 is 0 Å². The van der Waals surface area contributed by atoms with E-state index >= 15 is 0 Å². The fraction of sp³-hybridized carbons (Fsp3) is 0.857. The molecule has 0 N–H and O–H groups in total. The molecule has 5 rings (SSSR count). The standard InChI is InChI=1S/C21H30O3/c1-19-9-10-21(23-11-12-24-21)13-14(19)3-4-15-16-5-6-18(22)20(16,2)8-7-17(15)19/h3,15-17H,4-13H2,1-2H3/t15-,16+,17-,19+,20+/m1/s1. The third-order valence-corrected chi connectivity index (χ3v) is 8.63. The lowest BCUT2D eigenvalue weighted by Crippen LogP contribution is -2.52. The maximum atomic E-state index is 12.5. The molecule has 4 fully saturated rings. The molecule has 0 radical (unpaired) electrons. The van der Waals surface area contributed by atoms with E-state index in [1.54, 1.807) is 5.57 Å². The van der Waals surface area contributed by atoms with E-state index in [-0.39, 0.29) is 11.2 Å². The van der Waals surface area contributed by atoms with Gasteiger partial charge in [0.25, 0.3) is 0 Å². The van der Waals surface area contributed by atoms with Crippen LogP contribution < -0.4 is 0 Å². The van der Waals surface area contributed by atoms with Crippen molar-refractivity contribution in [2.75, 3.05) is 13.2 Å². The van der Waals surface area contributed by atoms with E-state index in [4.69, 9.17) is 9.47 Å². The van der Waals surface area contributed by atoms with Crippen molar-refractivity contribution in [1.82, 2.24) is 0 Å². The number of carbonyl (C=O) groups excluding carboxylic acids is 1. The lowest BCUT2D eigenvalue weighted by atomic mass is 9.48. The van der Waals surface area contributed by atoms with E-state index in [1.807, 2.05) is 0 Å². The Morgan fingerprint density at radius 2 is 1.75 bits per heavy atom. The Bertz CT molecular complexity index is 602. The number of carbonyl (C=O) groups is 1. The summed E-state index contributed by atoms with van der Waals surface area (Å²) in [6, 6.07) is 0. The summed E-state index contributed by atoms with van der Waals surface area (Å²) in [6.45, 7) is 6.26. The van der Waals surface area contributed by atoms with Crippen LogP contribution in [-0.4, -0.2) is 24.8 Å². The van der Waals surface area contributed by atoms with Gasteiger partial charge in [0.2, 0.25) is 0 Å². The maximum Gasteiger partial charge on any atom is 0.172 e. The molecule has 5 aliphatic rings. The first-order valence-corrected chi connectivity index (χ1v) is 9.98. The summed E-state index contributed by atoms with van der Waals surface area (Å²) in [5.74, 6) is 2.31. The predicted molar refractivity (Wildman–Crippen MR) is 91.3 cm³/mol. The fourth-order valence-corrected chi connectivity index (χ4v) is 7.12. The van der Waals surface area contributed by atoms with Gasteiger partial charge in [-0.1, -0.05) is 25.5 Å². The average molecular weight is 330 g/mol. The molecule has 1 saturated heterocycles. The quantitative estimate of drug-likeness (QED) is 0.623. The van der Waals surface area contributed by atoms with Gasteiger partial charge in [0.05, 0.1) is 13.2 Å². The summed E-state index contributed by atoms with van der Waals surface area (Å²) < 4.78 is 12.0. The molecule has 132 valence electrons. The van der Waals surface area contributed by atoms with Crippen LogP contribution in [0, 0.1) is 28.6 Å². The van der Waals surface area contributed by atoms with Crippen molar-refractivity contribution in [2.24, 2.45) is 28.6 Å². The van der Waals surface area contributed by atoms with Gasteiger partial charge in [0.1, 0.15) is 5.78 Å². The van der Waals surface area contributed by atoms with E-state index in [2.05, 4.69) is 19.9 Å². The molecule has 1 heterocycles. The first-order valence-electron chi connectivity index (χ1n) is 9.98. The average Bonchev–Trinajstić information content (AvgIpc) is 3.14. The number of hydrogen-bond acceptors (Lipinski definition) is 3. The van der Waals surface area contributed by atoms with Crippen LogP contribution in [-0.2, 0) is 14.3 Å². The topological polar surface area (TPSA) is 35.5 Å². The number of hydrogen-bond donors (Lipinski definition) is 0. The SMILES string of the molecule is C[C@]12CCC3(CC1=CC[C@H]1[C@H]2CC[C@]2(C)C(=O)CC[C@@H]12)OCCO3. The third-order valence-electron chi connectivity index (χ3n) is 8.63. The van der Waals surface area contributed by atoms with E-state index in [0.717, 1.165) is 51.2 Å². The van der Waals surface area contributed by atoms with Crippen molar-refractivity contribution >= 4 is 5.78 Å². The van der Waals surface area contributed by atoms with Gasteiger partial charge < -0.3 is 9.47 Å². The molecule has 0 unspecified atom stereocenters.